The fourth-order valence-corrected chi connectivity index (χ4v) is 4.49. The zero-order chi connectivity index (χ0) is 17.6. The van der Waals surface area contributed by atoms with E-state index in [1.54, 1.807) is 6.92 Å². The van der Waals surface area contributed by atoms with E-state index in [1.165, 1.54) is 4.31 Å². The number of hydrogen-bond donors (Lipinski definition) is 0. The van der Waals surface area contributed by atoms with Gasteiger partial charge in [0.15, 0.2) is 0 Å². The molecule has 2 rings (SSSR count). The Morgan fingerprint density at radius 3 is 2.38 bits per heavy atom. The molecule has 0 aliphatic carbocycles. The summed E-state index contributed by atoms with van der Waals surface area (Å²) in [6.45, 7) is 4.34. The van der Waals surface area contributed by atoms with Crippen LogP contribution in [0, 0.1) is 5.92 Å². The molecular weight excluding hydrogens is 328 g/mol. The van der Waals surface area contributed by atoms with Gasteiger partial charge in [-0.25, -0.2) is 8.42 Å². The number of likely N-dealkylation sites (N-methyl/N-ethyl adjacent to an activating group) is 1. The lowest BCUT2D eigenvalue weighted by molar-refractivity contribution is -0.147. The zero-order valence-corrected chi connectivity index (χ0v) is 15.2. The van der Waals surface area contributed by atoms with Crippen molar-refractivity contribution in [2.75, 3.05) is 45.6 Å². The smallest absolute Gasteiger partial charge is 0.310 e. The summed E-state index contributed by atoms with van der Waals surface area (Å²) in [4.78, 5) is 14.3. The van der Waals surface area contributed by atoms with E-state index in [4.69, 9.17) is 4.74 Å². The minimum atomic E-state index is -3.48. The maximum Gasteiger partial charge on any atom is 0.310 e. The van der Waals surface area contributed by atoms with Crippen molar-refractivity contribution in [1.29, 1.82) is 0 Å². The molecule has 1 atom stereocenters. The zero-order valence-electron chi connectivity index (χ0n) is 14.3. The number of sulfonamides is 1. The molecule has 0 saturated carbocycles. The van der Waals surface area contributed by atoms with E-state index in [1.807, 2.05) is 37.4 Å². The summed E-state index contributed by atoms with van der Waals surface area (Å²) in [5, 5.41) is 0. The first-order valence-corrected chi connectivity index (χ1v) is 9.90. The van der Waals surface area contributed by atoms with Crippen molar-refractivity contribution in [1.82, 2.24) is 9.21 Å². The summed E-state index contributed by atoms with van der Waals surface area (Å²) in [5.41, 5.74) is 0.934. The van der Waals surface area contributed by atoms with Gasteiger partial charge in [-0.2, -0.15) is 4.31 Å². The Morgan fingerprint density at radius 2 is 1.79 bits per heavy atom. The van der Waals surface area contributed by atoms with Gasteiger partial charge in [0.2, 0.25) is 10.0 Å². The van der Waals surface area contributed by atoms with Gasteiger partial charge in [0.25, 0.3) is 0 Å². The van der Waals surface area contributed by atoms with E-state index in [0.29, 0.717) is 32.6 Å². The Labute approximate surface area is 144 Å². The van der Waals surface area contributed by atoms with Crippen LogP contribution in [0.25, 0.3) is 0 Å². The monoisotopic (exact) mass is 354 g/mol. The number of benzene rings is 1. The molecule has 0 amide bonds. The Hall–Kier alpha value is -1.44. The number of esters is 1. The number of rotatable bonds is 7. The third-order valence-electron chi connectivity index (χ3n) is 4.21. The molecular formula is C17H26N2O4S. The molecule has 1 heterocycles. The first-order valence-electron chi connectivity index (χ1n) is 8.29. The fraction of sp³-hybridized carbons (Fsp3) is 0.588. The molecule has 6 nitrogen and oxygen atoms in total. The molecule has 1 unspecified atom stereocenters. The first kappa shape index (κ1) is 18.9. The fourth-order valence-electron chi connectivity index (χ4n) is 2.79. The Kier molecular flexibility index (Phi) is 6.77. The minimum Gasteiger partial charge on any atom is -0.466 e. The van der Waals surface area contributed by atoms with E-state index < -0.39 is 21.9 Å². The number of ether oxygens (including phenoxy) is 1. The van der Waals surface area contributed by atoms with Gasteiger partial charge < -0.3 is 9.64 Å². The Balaban J connectivity index is 2.10. The average molecular weight is 354 g/mol. The molecule has 1 aliphatic heterocycles. The maximum absolute atomic E-state index is 12.7. The predicted octanol–water partition coefficient (Wildman–Crippen LogP) is 0.986. The second-order valence-electron chi connectivity index (χ2n) is 6.12. The highest BCUT2D eigenvalue weighted by atomic mass is 32.2. The molecule has 0 bridgehead atoms. The lowest BCUT2D eigenvalue weighted by atomic mass is 10.0. The van der Waals surface area contributed by atoms with Crippen molar-refractivity contribution in [3.8, 4) is 0 Å². The number of nitrogens with zero attached hydrogens (tertiary/aromatic N) is 2. The van der Waals surface area contributed by atoms with Crippen molar-refractivity contribution in [2.24, 2.45) is 5.92 Å². The van der Waals surface area contributed by atoms with Crippen molar-refractivity contribution >= 4 is 16.0 Å². The van der Waals surface area contributed by atoms with Crippen LogP contribution in [-0.4, -0.2) is 69.2 Å². The van der Waals surface area contributed by atoms with Crippen LogP contribution in [0.5, 0.6) is 0 Å². The Bertz CT molecular complexity index is 625. The van der Waals surface area contributed by atoms with Crippen LogP contribution in [0.1, 0.15) is 12.5 Å². The van der Waals surface area contributed by atoms with Gasteiger partial charge in [-0.1, -0.05) is 30.3 Å². The van der Waals surface area contributed by atoms with Gasteiger partial charge in [0.1, 0.15) is 0 Å². The second kappa shape index (κ2) is 8.60. The molecule has 0 aromatic heterocycles. The summed E-state index contributed by atoms with van der Waals surface area (Å²) in [7, 11) is -1.51. The van der Waals surface area contributed by atoms with Gasteiger partial charge in [-0.3, -0.25) is 4.79 Å². The topological polar surface area (TPSA) is 66.9 Å². The summed E-state index contributed by atoms with van der Waals surface area (Å²) >= 11 is 0. The largest absolute Gasteiger partial charge is 0.466 e. The van der Waals surface area contributed by atoms with Crippen LogP contribution in [0.15, 0.2) is 30.3 Å². The molecule has 1 aromatic carbocycles. The van der Waals surface area contributed by atoms with Gasteiger partial charge >= 0.3 is 5.97 Å². The van der Waals surface area contributed by atoms with Gasteiger partial charge in [-0.15, -0.1) is 0 Å². The van der Waals surface area contributed by atoms with Crippen molar-refractivity contribution in [3.05, 3.63) is 35.9 Å². The van der Waals surface area contributed by atoms with Crippen molar-refractivity contribution in [2.45, 2.75) is 13.3 Å². The number of hydrogen-bond acceptors (Lipinski definition) is 5. The van der Waals surface area contributed by atoms with Crippen LogP contribution < -0.4 is 0 Å². The molecule has 134 valence electrons. The van der Waals surface area contributed by atoms with Crippen LogP contribution in [0.4, 0.5) is 0 Å². The van der Waals surface area contributed by atoms with Crippen molar-refractivity contribution in [3.63, 3.8) is 0 Å². The quantitative estimate of drug-likeness (QED) is 0.683. The molecule has 0 N–H and O–H groups in total. The summed E-state index contributed by atoms with van der Waals surface area (Å²) in [6, 6.07) is 9.45. The standard InChI is InChI=1S/C17H26N2O4S/c1-3-23-17(20)16(13-15-7-5-4-6-8-15)14-24(21,22)19-11-9-18(2)10-12-19/h4-8,16H,3,9-14H2,1-2H3. The minimum absolute atomic E-state index is 0.204. The number of carbonyl (C=O) groups is 1. The van der Waals surface area contributed by atoms with Crippen LogP contribution >= 0.6 is 0 Å². The van der Waals surface area contributed by atoms with Crippen LogP contribution in [-0.2, 0) is 26.0 Å². The first-order chi connectivity index (χ1) is 11.4. The Morgan fingerprint density at radius 1 is 1.17 bits per heavy atom. The van der Waals surface area contributed by atoms with Crippen LogP contribution in [0.2, 0.25) is 0 Å². The molecule has 0 spiro atoms. The highest BCUT2D eigenvalue weighted by molar-refractivity contribution is 7.89. The molecule has 1 aromatic rings. The SMILES string of the molecule is CCOC(=O)C(Cc1ccccc1)CS(=O)(=O)N1CCN(C)CC1. The van der Waals surface area contributed by atoms with Gasteiger partial charge in [0, 0.05) is 26.2 Å². The lowest BCUT2D eigenvalue weighted by Gasteiger charge is -2.32. The molecule has 7 heteroatoms. The molecule has 0 radical (unpaired) electrons. The summed E-state index contributed by atoms with van der Waals surface area (Å²) < 4.78 is 32.0. The number of piperazine rings is 1. The third kappa shape index (κ3) is 5.29. The third-order valence-corrected chi connectivity index (χ3v) is 6.19. The van der Waals surface area contributed by atoms with Crippen LogP contribution in [0.3, 0.4) is 0 Å². The molecule has 1 saturated heterocycles. The molecule has 24 heavy (non-hydrogen) atoms. The highest BCUT2D eigenvalue weighted by Gasteiger charge is 2.32. The highest BCUT2D eigenvalue weighted by Crippen LogP contribution is 2.17. The predicted molar refractivity (Wildman–Crippen MR) is 93.1 cm³/mol. The second-order valence-corrected chi connectivity index (χ2v) is 8.13. The molecule has 1 fully saturated rings. The summed E-state index contributed by atoms with van der Waals surface area (Å²) in [6.07, 6.45) is 0.368. The maximum atomic E-state index is 12.7. The number of carbonyl (C=O) groups excluding carboxylic acids is 1. The lowest BCUT2D eigenvalue weighted by Crippen LogP contribution is -2.49. The van der Waals surface area contributed by atoms with Gasteiger partial charge in [-0.05, 0) is 26.0 Å². The van der Waals surface area contributed by atoms with E-state index >= 15 is 0 Å². The average Bonchev–Trinajstić information content (AvgIpc) is 2.55. The summed E-state index contributed by atoms with van der Waals surface area (Å²) in [5.74, 6) is -1.33. The normalized spacial score (nSPS) is 18.2. The van der Waals surface area contributed by atoms with E-state index in [2.05, 4.69) is 4.90 Å². The van der Waals surface area contributed by atoms with E-state index in [0.717, 1.165) is 5.56 Å². The van der Waals surface area contributed by atoms with E-state index in [9.17, 15) is 13.2 Å². The van der Waals surface area contributed by atoms with E-state index in [-0.39, 0.29) is 12.4 Å². The van der Waals surface area contributed by atoms with Crippen molar-refractivity contribution < 1.29 is 17.9 Å². The van der Waals surface area contributed by atoms with Gasteiger partial charge in [0.05, 0.1) is 18.3 Å². The molecule has 1 aliphatic rings.